The summed E-state index contributed by atoms with van der Waals surface area (Å²) in [5.74, 6) is 0.848. The molecule has 0 unspecified atom stereocenters. The molecule has 0 radical (unpaired) electrons. The summed E-state index contributed by atoms with van der Waals surface area (Å²) >= 11 is 7.80. The monoisotopic (exact) mass is 370 g/mol. The van der Waals surface area contributed by atoms with Crippen LogP contribution in [0.4, 0.5) is 5.13 Å². The first-order chi connectivity index (χ1) is 12.2. The molecule has 0 aliphatic carbocycles. The Labute approximate surface area is 153 Å². The number of hydrogen-bond donors (Lipinski definition) is 1. The van der Waals surface area contributed by atoms with Gasteiger partial charge in [0, 0.05) is 12.1 Å². The van der Waals surface area contributed by atoms with Gasteiger partial charge in [-0.1, -0.05) is 53.3 Å². The van der Waals surface area contributed by atoms with E-state index in [0.717, 1.165) is 32.7 Å². The smallest absolute Gasteiger partial charge is 0.214 e. The number of imidazole rings is 1. The molecule has 2 aromatic heterocycles. The number of benzene rings is 2. The summed E-state index contributed by atoms with van der Waals surface area (Å²) in [5, 5.41) is 9.45. The van der Waals surface area contributed by atoms with Crippen molar-refractivity contribution in [1.29, 1.82) is 0 Å². The minimum Gasteiger partial charge on any atom is -0.497 e. The summed E-state index contributed by atoms with van der Waals surface area (Å²) in [6, 6.07) is 15.6. The number of ether oxygens (including phenoxy) is 1. The lowest BCUT2D eigenvalue weighted by molar-refractivity contribution is 0.414. The highest BCUT2D eigenvalue weighted by Gasteiger charge is 2.13. The molecule has 25 heavy (non-hydrogen) atoms. The van der Waals surface area contributed by atoms with Crippen molar-refractivity contribution >= 4 is 33.0 Å². The van der Waals surface area contributed by atoms with E-state index < -0.39 is 0 Å². The van der Waals surface area contributed by atoms with Gasteiger partial charge in [0.25, 0.3) is 0 Å². The van der Waals surface area contributed by atoms with Gasteiger partial charge in [0.2, 0.25) is 10.1 Å². The zero-order valence-electron chi connectivity index (χ0n) is 13.4. The number of nitrogens with zero attached hydrogens (tertiary/aromatic N) is 3. The van der Waals surface area contributed by atoms with Gasteiger partial charge in [0.05, 0.1) is 24.0 Å². The molecular formula is C18H15ClN4OS. The summed E-state index contributed by atoms with van der Waals surface area (Å²) in [7, 11) is 1.66. The normalized spacial score (nSPS) is 11.0. The summed E-state index contributed by atoms with van der Waals surface area (Å²) < 4.78 is 6.99. The Kier molecular flexibility index (Phi) is 4.29. The second-order valence-corrected chi connectivity index (χ2v) is 6.79. The number of fused-ring (bicyclic) bond motifs is 1. The van der Waals surface area contributed by atoms with Crippen molar-refractivity contribution in [1.82, 2.24) is 14.6 Å². The summed E-state index contributed by atoms with van der Waals surface area (Å²) in [4.78, 5) is 5.26. The van der Waals surface area contributed by atoms with Crippen LogP contribution in [0.2, 0.25) is 5.02 Å². The highest BCUT2D eigenvalue weighted by Crippen LogP contribution is 2.30. The molecule has 0 fully saturated rings. The van der Waals surface area contributed by atoms with E-state index in [0.29, 0.717) is 11.6 Å². The molecule has 0 saturated heterocycles. The number of nitrogens with one attached hydrogen (secondary N) is 1. The van der Waals surface area contributed by atoms with Gasteiger partial charge in [-0.05, 0) is 23.8 Å². The number of aromatic nitrogens is 3. The minimum absolute atomic E-state index is 0.683. The molecular weight excluding hydrogens is 356 g/mol. The second kappa shape index (κ2) is 6.74. The van der Waals surface area contributed by atoms with Crippen LogP contribution >= 0.6 is 22.9 Å². The Morgan fingerprint density at radius 3 is 2.72 bits per heavy atom. The summed E-state index contributed by atoms with van der Waals surface area (Å²) in [6.07, 6.45) is 1.80. The van der Waals surface area contributed by atoms with Gasteiger partial charge < -0.3 is 10.1 Å². The maximum atomic E-state index is 6.30. The molecule has 0 bridgehead atoms. The van der Waals surface area contributed by atoms with Gasteiger partial charge >= 0.3 is 0 Å². The number of hydrogen-bond acceptors (Lipinski definition) is 5. The SMILES string of the molecule is COc1ccc(CNc2nn3c(-c4ccccc4Cl)cnc3s2)cc1. The molecule has 0 saturated carbocycles. The van der Waals surface area contributed by atoms with Crippen molar-refractivity contribution in [3.05, 3.63) is 65.3 Å². The fourth-order valence-corrected chi connectivity index (χ4v) is 3.54. The predicted molar refractivity (Wildman–Crippen MR) is 102 cm³/mol. The Hall–Kier alpha value is -2.57. The fraction of sp³-hybridized carbons (Fsp3) is 0.111. The quantitative estimate of drug-likeness (QED) is 0.551. The molecule has 4 rings (SSSR count). The molecule has 2 aromatic carbocycles. The zero-order valence-corrected chi connectivity index (χ0v) is 15.0. The first-order valence-corrected chi connectivity index (χ1v) is 8.90. The van der Waals surface area contributed by atoms with E-state index in [1.807, 2.05) is 53.0 Å². The number of methoxy groups -OCH3 is 1. The van der Waals surface area contributed by atoms with Crippen molar-refractivity contribution in [2.24, 2.45) is 0 Å². The van der Waals surface area contributed by atoms with Gasteiger partial charge in [-0.2, -0.15) is 0 Å². The number of rotatable bonds is 5. The Morgan fingerprint density at radius 2 is 1.96 bits per heavy atom. The van der Waals surface area contributed by atoms with E-state index in [9.17, 15) is 0 Å². The standard InChI is InChI=1S/C18H15ClN4OS/c1-24-13-8-6-12(7-9-13)10-20-17-22-23-16(11-21-18(23)25-17)14-4-2-3-5-15(14)19/h2-9,11H,10H2,1H3,(H,20,22). The van der Waals surface area contributed by atoms with E-state index in [2.05, 4.69) is 15.4 Å². The van der Waals surface area contributed by atoms with Gasteiger partial charge in [-0.15, -0.1) is 5.10 Å². The third kappa shape index (κ3) is 3.18. The third-order valence-corrected chi connectivity index (χ3v) is 5.05. The molecule has 7 heteroatoms. The van der Waals surface area contributed by atoms with Crippen LogP contribution in [-0.2, 0) is 6.54 Å². The molecule has 0 aliphatic heterocycles. The van der Waals surface area contributed by atoms with E-state index in [4.69, 9.17) is 16.3 Å². The molecule has 5 nitrogen and oxygen atoms in total. The van der Waals surface area contributed by atoms with Gasteiger partial charge in [0.1, 0.15) is 5.75 Å². The predicted octanol–water partition coefficient (Wildman–Crippen LogP) is 4.73. The lowest BCUT2D eigenvalue weighted by Crippen LogP contribution is -2.00. The van der Waals surface area contributed by atoms with Crippen LogP contribution in [0, 0.1) is 0 Å². The average molecular weight is 371 g/mol. The maximum absolute atomic E-state index is 6.30. The lowest BCUT2D eigenvalue weighted by atomic mass is 10.2. The Bertz CT molecular complexity index is 1010. The van der Waals surface area contributed by atoms with E-state index in [1.54, 1.807) is 13.3 Å². The number of anilines is 1. The molecule has 0 spiro atoms. The zero-order chi connectivity index (χ0) is 17.2. The van der Waals surface area contributed by atoms with Crippen molar-refractivity contribution in [2.45, 2.75) is 6.54 Å². The number of halogens is 1. The maximum Gasteiger partial charge on any atom is 0.214 e. The van der Waals surface area contributed by atoms with Crippen LogP contribution in [0.25, 0.3) is 16.2 Å². The summed E-state index contributed by atoms with van der Waals surface area (Å²) in [6.45, 7) is 0.683. The first-order valence-electron chi connectivity index (χ1n) is 7.71. The minimum atomic E-state index is 0.683. The van der Waals surface area contributed by atoms with Gasteiger partial charge in [-0.3, -0.25) is 0 Å². The molecule has 0 aliphatic rings. The van der Waals surface area contributed by atoms with Crippen LogP contribution < -0.4 is 10.1 Å². The van der Waals surface area contributed by atoms with E-state index in [-0.39, 0.29) is 0 Å². The van der Waals surface area contributed by atoms with Crippen LogP contribution in [0.5, 0.6) is 5.75 Å². The highest BCUT2D eigenvalue weighted by atomic mass is 35.5. The topological polar surface area (TPSA) is 51.5 Å². The van der Waals surface area contributed by atoms with Crippen molar-refractivity contribution < 1.29 is 4.74 Å². The van der Waals surface area contributed by atoms with Crippen molar-refractivity contribution in [3.63, 3.8) is 0 Å². The molecule has 4 aromatic rings. The second-order valence-electron chi connectivity index (χ2n) is 5.43. The van der Waals surface area contributed by atoms with Crippen LogP contribution in [0.1, 0.15) is 5.56 Å². The molecule has 0 atom stereocenters. The Balaban J connectivity index is 1.56. The highest BCUT2D eigenvalue weighted by molar-refractivity contribution is 7.20. The van der Waals surface area contributed by atoms with Gasteiger partial charge in [-0.25, -0.2) is 9.50 Å². The molecule has 2 heterocycles. The van der Waals surface area contributed by atoms with Crippen LogP contribution in [0.3, 0.4) is 0 Å². The molecule has 126 valence electrons. The Morgan fingerprint density at radius 1 is 1.16 bits per heavy atom. The van der Waals surface area contributed by atoms with E-state index in [1.165, 1.54) is 11.3 Å². The van der Waals surface area contributed by atoms with Crippen LogP contribution in [0.15, 0.2) is 54.7 Å². The van der Waals surface area contributed by atoms with Gasteiger partial charge in [0.15, 0.2) is 0 Å². The van der Waals surface area contributed by atoms with E-state index >= 15 is 0 Å². The van der Waals surface area contributed by atoms with Crippen molar-refractivity contribution in [3.8, 4) is 17.0 Å². The molecule has 1 N–H and O–H groups in total. The van der Waals surface area contributed by atoms with Crippen LogP contribution in [-0.4, -0.2) is 21.7 Å². The fourth-order valence-electron chi connectivity index (χ4n) is 2.54. The summed E-state index contributed by atoms with van der Waals surface area (Å²) in [5.41, 5.74) is 2.96. The largest absolute Gasteiger partial charge is 0.497 e. The average Bonchev–Trinajstić information content (AvgIpc) is 3.21. The first kappa shape index (κ1) is 15.9. The van der Waals surface area contributed by atoms with Crippen molar-refractivity contribution in [2.75, 3.05) is 12.4 Å². The molecule has 0 amide bonds. The lowest BCUT2D eigenvalue weighted by Gasteiger charge is -2.04. The third-order valence-electron chi connectivity index (χ3n) is 3.84.